The molecule has 2 aromatic rings. The molecule has 0 spiro atoms. The largest absolute Gasteiger partial charge is 0.380 e. The van der Waals surface area contributed by atoms with E-state index in [-0.39, 0.29) is 23.8 Å². The molecule has 1 fully saturated rings. The Hall–Kier alpha value is -2.99. The second-order valence-electron chi connectivity index (χ2n) is 7.16. The van der Waals surface area contributed by atoms with Crippen molar-refractivity contribution in [2.24, 2.45) is 0 Å². The molecule has 2 aliphatic rings. The van der Waals surface area contributed by atoms with Crippen LogP contribution in [0.4, 0.5) is 0 Å². The Bertz CT molecular complexity index is 925. The number of nitrogens with zero attached hydrogens (tertiary/aromatic N) is 2. The molecule has 2 aromatic carbocycles. The van der Waals surface area contributed by atoms with Crippen LogP contribution >= 0.6 is 0 Å². The minimum atomic E-state index is -0.332. The highest BCUT2D eigenvalue weighted by Gasteiger charge is 2.36. The average Bonchev–Trinajstić information content (AvgIpc) is 3.30. The molecule has 144 valence electrons. The van der Waals surface area contributed by atoms with E-state index in [0.717, 1.165) is 12.0 Å². The number of hydrogen-bond donors (Lipinski definition) is 0. The lowest BCUT2D eigenvalue weighted by Gasteiger charge is -2.16. The highest BCUT2D eigenvalue weighted by molar-refractivity contribution is 6.22. The lowest BCUT2D eigenvalue weighted by Crippen LogP contribution is -2.31. The molecular formula is C22H22N2O4. The number of likely N-dealkylation sites (tertiary alicyclic amines) is 1. The number of benzene rings is 2. The highest BCUT2D eigenvalue weighted by atomic mass is 16.5. The van der Waals surface area contributed by atoms with Crippen LogP contribution in [0.3, 0.4) is 0 Å². The number of carbonyl (C=O) groups excluding carboxylic acids is 3. The molecule has 3 amide bonds. The lowest BCUT2D eigenvalue weighted by atomic mass is 10.0. The molecule has 28 heavy (non-hydrogen) atoms. The minimum Gasteiger partial charge on any atom is -0.380 e. The lowest BCUT2D eigenvalue weighted by molar-refractivity contribution is 0.0655. The van der Waals surface area contributed by atoms with Gasteiger partial charge in [0.05, 0.1) is 17.2 Å². The molecule has 0 aromatic heterocycles. The van der Waals surface area contributed by atoms with E-state index >= 15 is 0 Å². The van der Waals surface area contributed by atoms with Gasteiger partial charge in [-0.3, -0.25) is 19.3 Å². The molecule has 0 radical (unpaired) electrons. The number of carbonyl (C=O) groups is 3. The summed E-state index contributed by atoms with van der Waals surface area (Å²) in [7, 11) is 1.64. The molecule has 1 unspecified atom stereocenters. The Morgan fingerprint density at radius 3 is 2.54 bits per heavy atom. The summed E-state index contributed by atoms with van der Waals surface area (Å²) in [5.41, 5.74) is 2.18. The Balaban J connectivity index is 1.50. The van der Waals surface area contributed by atoms with Gasteiger partial charge < -0.3 is 9.64 Å². The molecule has 1 atom stereocenters. The first-order valence-corrected chi connectivity index (χ1v) is 9.44. The Morgan fingerprint density at radius 1 is 1.07 bits per heavy atom. The molecule has 0 aliphatic carbocycles. The van der Waals surface area contributed by atoms with Gasteiger partial charge in [0.25, 0.3) is 17.7 Å². The number of fused-ring (bicyclic) bond motifs is 1. The normalized spacial score (nSPS) is 18.7. The molecule has 2 aliphatic heterocycles. The fourth-order valence-corrected chi connectivity index (χ4v) is 3.80. The summed E-state index contributed by atoms with van der Waals surface area (Å²) < 4.78 is 5.31. The summed E-state index contributed by atoms with van der Waals surface area (Å²) in [5, 5.41) is 0. The molecule has 0 bridgehead atoms. The van der Waals surface area contributed by atoms with Gasteiger partial charge in [0.1, 0.15) is 0 Å². The average molecular weight is 378 g/mol. The SMILES string of the molecule is COC1CCN(C(=O)c2ccc3c(c2)C(=O)N(CCc2ccccc2)C3=O)C1. The van der Waals surface area contributed by atoms with Gasteiger partial charge in [-0.15, -0.1) is 0 Å². The van der Waals surface area contributed by atoms with Crippen molar-refractivity contribution in [1.29, 1.82) is 0 Å². The third-order valence-electron chi connectivity index (χ3n) is 5.45. The summed E-state index contributed by atoms with van der Waals surface area (Å²) in [5.74, 6) is -0.761. The fourth-order valence-electron chi connectivity index (χ4n) is 3.80. The van der Waals surface area contributed by atoms with Crippen LogP contribution in [0.2, 0.25) is 0 Å². The number of ether oxygens (including phenoxy) is 1. The second-order valence-corrected chi connectivity index (χ2v) is 7.16. The number of methoxy groups -OCH3 is 1. The second kappa shape index (κ2) is 7.56. The van der Waals surface area contributed by atoms with E-state index in [1.54, 1.807) is 30.2 Å². The van der Waals surface area contributed by atoms with E-state index in [0.29, 0.717) is 42.7 Å². The van der Waals surface area contributed by atoms with Crippen molar-refractivity contribution in [2.75, 3.05) is 26.7 Å². The third-order valence-corrected chi connectivity index (χ3v) is 5.45. The number of amides is 3. The van der Waals surface area contributed by atoms with E-state index in [1.165, 1.54) is 4.90 Å². The fraction of sp³-hybridized carbons (Fsp3) is 0.318. The first kappa shape index (κ1) is 18.4. The van der Waals surface area contributed by atoms with Crippen LogP contribution in [0.15, 0.2) is 48.5 Å². The zero-order chi connectivity index (χ0) is 19.7. The summed E-state index contributed by atoms with van der Waals surface area (Å²) >= 11 is 0. The zero-order valence-electron chi connectivity index (χ0n) is 15.8. The molecule has 6 heteroatoms. The maximum Gasteiger partial charge on any atom is 0.261 e. The molecule has 1 saturated heterocycles. The first-order valence-electron chi connectivity index (χ1n) is 9.44. The predicted octanol–water partition coefficient (Wildman–Crippen LogP) is 2.39. The maximum atomic E-state index is 12.8. The van der Waals surface area contributed by atoms with Crippen molar-refractivity contribution >= 4 is 17.7 Å². The monoisotopic (exact) mass is 378 g/mol. The zero-order valence-corrected chi connectivity index (χ0v) is 15.8. The van der Waals surface area contributed by atoms with E-state index in [2.05, 4.69) is 0 Å². The van der Waals surface area contributed by atoms with Crippen LogP contribution < -0.4 is 0 Å². The molecule has 6 nitrogen and oxygen atoms in total. The van der Waals surface area contributed by atoms with Crippen molar-refractivity contribution in [3.05, 3.63) is 70.8 Å². The topological polar surface area (TPSA) is 66.9 Å². The summed E-state index contributed by atoms with van der Waals surface area (Å²) in [6.07, 6.45) is 1.46. The van der Waals surface area contributed by atoms with E-state index in [4.69, 9.17) is 4.74 Å². The molecule has 4 rings (SSSR count). The van der Waals surface area contributed by atoms with Gasteiger partial charge in [-0.05, 0) is 36.6 Å². The summed E-state index contributed by atoms with van der Waals surface area (Å²) in [6, 6.07) is 14.5. The van der Waals surface area contributed by atoms with Crippen molar-refractivity contribution in [3.8, 4) is 0 Å². The number of hydrogen-bond acceptors (Lipinski definition) is 4. The van der Waals surface area contributed by atoms with Gasteiger partial charge in [0, 0.05) is 32.3 Å². The highest BCUT2D eigenvalue weighted by Crippen LogP contribution is 2.25. The van der Waals surface area contributed by atoms with Crippen molar-refractivity contribution < 1.29 is 19.1 Å². The van der Waals surface area contributed by atoms with Crippen molar-refractivity contribution in [3.63, 3.8) is 0 Å². The van der Waals surface area contributed by atoms with Crippen LogP contribution in [-0.2, 0) is 11.2 Å². The van der Waals surface area contributed by atoms with E-state index < -0.39 is 0 Å². The third kappa shape index (κ3) is 3.31. The summed E-state index contributed by atoms with van der Waals surface area (Å²) in [4.78, 5) is 41.2. The minimum absolute atomic E-state index is 0.0510. The van der Waals surface area contributed by atoms with Crippen molar-refractivity contribution in [1.82, 2.24) is 9.80 Å². The van der Waals surface area contributed by atoms with Crippen LogP contribution in [-0.4, -0.2) is 60.4 Å². The van der Waals surface area contributed by atoms with Crippen LogP contribution in [0, 0.1) is 0 Å². The van der Waals surface area contributed by atoms with E-state index in [9.17, 15) is 14.4 Å². The molecule has 2 heterocycles. The Labute approximate surface area is 163 Å². The van der Waals surface area contributed by atoms with Crippen LogP contribution in [0.1, 0.15) is 43.1 Å². The smallest absolute Gasteiger partial charge is 0.261 e. The van der Waals surface area contributed by atoms with Gasteiger partial charge in [0.2, 0.25) is 0 Å². The number of imide groups is 1. The molecular weight excluding hydrogens is 356 g/mol. The number of rotatable bonds is 5. The van der Waals surface area contributed by atoms with Gasteiger partial charge >= 0.3 is 0 Å². The van der Waals surface area contributed by atoms with Gasteiger partial charge in [0.15, 0.2) is 0 Å². The van der Waals surface area contributed by atoms with Gasteiger partial charge in [-0.1, -0.05) is 30.3 Å². The van der Waals surface area contributed by atoms with Gasteiger partial charge in [-0.25, -0.2) is 0 Å². The van der Waals surface area contributed by atoms with Crippen LogP contribution in [0.5, 0.6) is 0 Å². The Kier molecular flexibility index (Phi) is 4.96. The standard InChI is InChI=1S/C22H22N2O4/c1-28-17-10-11-23(14-17)20(25)16-7-8-18-19(13-16)22(27)24(21(18)26)12-9-15-5-3-2-4-6-15/h2-8,13,17H,9-12,14H2,1H3. The Morgan fingerprint density at radius 2 is 1.82 bits per heavy atom. The summed E-state index contributed by atoms with van der Waals surface area (Å²) in [6.45, 7) is 1.49. The maximum absolute atomic E-state index is 12.8. The van der Waals surface area contributed by atoms with Crippen molar-refractivity contribution in [2.45, 2.75) is 18.9 Å². The van der Waals surface area contributed by atoms with E-state index in [1.807, 2.05) is 30.3 Å². The first-order chi connectivity index (χ1) is 13.6. The van der Waals surface area contributed by atoms with Gasteiger partial charge in [-0.2, -0.15) is 0 Å². The quantitative estimate of drug-likeness (QED) is 0.750. The predicted molar refractivity (Wildman–Crippen MR) is 103 cm³/mol. The molecule has 0 N–H and O–H groups in total. The van der Waals surface area contributed by atoms with Crippen LogP contribution in [0.25, 0.3) is 0 Å². The molecule has 0 saturated carbocycles.